The molecule has 0 unspecified atom stereocenters. The molecule has 1 fully saturated rings. The van der Waals surface area contributed by atoms with E-state index in [1.165, 1.54) is 0 Å². The Morgan fingerprint density at radius 2 is 2.05 bits per heavy atom. The number of carboxylic acid groups (broad SMARTS) is 1. The Bertz CT molecular complexity index is 525. The van der Waals surface area contributed by atoms with Crippen LogP contribution in [0, 0.1) is 0 Å². The molecular formula is C15H23N3O3. The smallest absolute Gasteiger partial charge is 0.356 e. The highest BCUT2D eigenvalue weighted by atomic mass is 16.4. The van der Waals surface area contributed by atoms with Crippen LogP contribution in [0.3, 0.4) is 0 Å². The number of anilines is 1. The van der Waals surface area contributed by atoms with Crippen molar-refractivity contribution in [1.29, 1.82) is 0 Å². The van der Waals surface area contributed by atoms with E-state index in [0.717, 1.165) is 25.7 Å². The molecule has 0 atom stereocenters. The number of hydrogen-bond acceptors (Lipinski definition) is 5. The number of aliphatic hydroxyl groups is 1. The van der Waals surface area contributed by atoms with Crippen molar-refractivity contribution in [2.75, 3.05) is 18.5 Å². The SMILES string of the molecule is CC(C)c1ncc(N(C)CC2(O)CCCC2)c(C(=O)O)n1. The molecule has 2 rings (SSSR count). The fraction of sp³-hybridized carbons (Fsp3) is 0.667. The number of aromatic nitrogens is 2. The van der Waals surface area contributed by atoms with Crippen LogP contribution >= 0.6 is 0 Å². The molecule has 0 saturated heterocycles. The van der Waals surface area contributed by atoms with Gasteiger partial charge in [-0.3, -0.25) is 0 Å². The largest absolute Gasteiger partial charge is 0.476 e. The third-order valence-corrected chi connectivity index (χ3v) is 3.98. The van der Waals surface area contributed by atoms with Crippen molar-refractivity contribution >= 4 is 11.7 Å². The topological polar surface area (TPSA) is 86.5 Å². The zero-order valence-electron chi connectivity index (χ0n) is 12.8. The van der Waals surface area contributed by atoms with E-state index >= 15 is 0 Å². The Balaban J connectivity index is 2.27. The van der Waals surface area contributed by atoms with Gasteiger partial charge in [-0.05, 0) is 12.8 Å². The van der Waals surface area contributed by atoms with E-state index in [4.69, 9.17) is 0 Å². The molecule has 0 aliphatic heterocycles. The zero-order chi connectivity index (χ0) is 15.6. The van der Waals surface area contributed by atoms with E-state index in [-0.39, 0.29) is 11.6 Å². The van der Waals surface area contributed by atoms with Crippen molar-refractivity contribution in [2.45, 2.75) is 51.0 Å². The quantitative estimate of drug-likeness (QED) is 0.864. The molecule has 116 valence electrons. The summed E-state index contributed by atoms with van der Waals surface area (Å²) < 4.78 is 0. The van der Waals surface area contributed by atoms with Gasteiger partial charge in [0, 0.05) is 19.5 Å². The van der Waals surface area contributed by atoms with Gasteiger partial charge in [-0.15, -0.1) is 0 Å². The van der Waals surface area contributed by atoms with Crippen molar-refractivity contribution in [2.24, 2.45) is 0 Å². The summed E-state index contributed by atoms with van der Waals surface area (Å²) in [6.45, 7) is 4.24. The second-order valence-corrected chi connectivity index (χ2v) is 6.21. The maximum atomic E-state index is 11.4. The summed E-state index contributed by atoms with van der Waals surface area (Å²) in [5, 5.41) is 19.8. The molecule has 0 radical (unpaired) electrons. The Morgan fingerprint density at radius 3 is 2.57 bits per heavy atom. The number of carboxylic acids is 1. The second kappa shape index (κ2) is 5.97. The van der Waals surface area contributed by atoms with Gasteiger partial charge in [-0.2, -0.15) is 0 Å². The van der Waals surface area contributed by atoms with Gasteiger partial charge in [-0.25, -0.2) is 14.8 Å². The van der Waals surface area contributed by atoms with Gasteiger partial charge in [0.25, 0.3) is 0 Å². The van der Waals surface area contributed by atoms with Crippen molar-refractivity contribution < 1.29 is 15.0 Å². The second-order valence-electron chi connectivity index (χ2n) is 6.21. The first-order valence-corrected chi connectivity index (χ1v) is 7.36. The lowest BCUT2D eigenvalue weighted by Crippen LogP contribution is -2.40. The molecule has 0 amide bonds. The Labute approximate surface area is 124 Å². The summed E-state index contributed by atoms with van der Waals surface area (Å²) in [6, 6.07) is 0. The van der Waals surface area contributed by atoms with Gasteiger partial charge in [0.05, 0.1) is 17.5 Å². The maximum Gasteiger partial charge on any atom is 0.356 e. The number of likely N-dealkylation sites (N-methyl/N-ethyl adjacent to an activating group) is 1. The van der Waals surface area contributed by atoms with Crippen LogP contribution in [0.25, 0.3) is 0 Å². The molecule has 1 heterocycles. The number of carbonyl (C=O) groups is 1. The van der Waals surface area contributed by atoms with Gasteiger partial charge in [-0.1, -0.05) is 26.7 Å². The zero-order valence-corrected chi connectivity index (χ0v) is 12.8. The molecule has 6 heteroatoms. The monoisotopic (exact) mass is 293 g/mol. The molecule has 0 aromatic carbocycles. The Morgan fingerprint density at radius 1 is 1.43 bits per heavy atom. The normalized spacial score (nSPS) is 17.2. The minimum Gasteiger partial charge on any atom is -0.476 e. The fourth-order valence-electron chi connectivity index (χ4n) is 2.82. The average Bonchev–Trinajstić information content (AvgIpc) is 2.84. The van der Waals surface area contributed by atoms with Crippen LogP contribution in [0.4, 0.5) is 5.69 Å². The lowest BCUT2D eigenvalue weighted by atomic mass is 10.0. The summed E-state index contributed by atoms with van der Waals surface area (Å²) in [5.74, 6) is -0.481. The summed E-state index contributed by atoms with van der Waals surface area (Å²) in [7, 11) is 1.77. The molecule has 1 saturated carbocycles. The first kappa shape index (κ1) is 15.7. The molecule has 0 bridgehead atoms. The maximum absolute atomic E-state index is 11.4. The van der Waals surface area contributed by atoms with E-state index < -0.39 is 11.6 Å². The lowest BCUT2D eigenvalue weighted by molar-refractivity contribution is 0.0554. The van der Waals surface area contributed by atoms with Crippen molar-refractivity contribution in [3.8, 4) is 0 Å². The molecule has 1 aromatic heterocycles. The highest BCUT2D eigenvalue weighted by molar-refractivity contribution is 5.91. The Kier molecular flexibility index (Phi) is 4.46. The summed E-state index contributed by atoms with van der Waals surface area (Å²) in [6.07, 6.45) is 5.08. The predicted molar refractivity (Wildman–Crippen MR) is 79.8 cm³/mol. The molecule has 2 N–H and O–H groups in total. The third-order valence-electron chi connectivity index (χ3n) is 3.98. The van der Waals surface area contributed by atoms with Gasteiger partial charge < -0.3 is 15.1 Å². The number of nitrogens with zero attached hydrogens (tertiary/aromatic N) is 3. The van der Waals surface area contributed by atoms with Crippen LogP contribution in [-0.2, 0) is 0 Å². The highest BCUT2D eigenvalue weighted by Gasteiger charge is 2.33. The van der Waals surface area contributed by atoms with E-state index in [1.54, 1.807) is 18.1 Å². The van der Waals surface area contributed by atoms with Crippen LogP contribution in [0.2, 0.25) is 0 Å². The molecule has 0 spiro atoms. The summed E-state index contributed by atoms with van der Waals surface area (Å²) in [5.41, 5.74) is -0.286. The third kappa shape index (κ3) is 3.50. The fourth-order valence-corrected chi connectivity index (χ4v) is 2.82. The van der Waals surface area contributed by atoms with E-state index in [9.17, 15) is 15.0 Å². The Hall–Kier alpha value is -1.69. The van der Waals surface area contributed by atoms with Gasteiger partial charge in [0.1, 0.15) is 5.82 Å². The minimum atomic E-state index is -1.07. The first-order chi connectivity index (χ1) is 9.82. The van der Waals surface area contributed by atoms with E-state index in [1.807, 2.05) is 13.8 Å². The molecule has 1 aromatic rings. The van der Waals surface area contributed by atoms with Crippen molar-refractivity contribution in [1.82, 2.24) is 9.97 Å². The van der Waals surface area contributed by atoms with Gasteiger partial charge in [0.2, 0.25) is 0 Å². The molecular weight excluding hydrogens is 270 g/mol. The van der Waals surface area contributed by atoms with Crippen molar-refractivity contribution in [3.63, 3.8) is 0 Å². The molecule has 1 aliphatic rings. The van der Waals surface area contributed by atoms with Crippen LogP contribution in [-0.4, -0.2) is 45.3 Å². The molecule has 1 aliphatic carbocycles. The van der Waals surface area contributed by atoms with Gasteiger partial charge >= 0.3 is 5.97 Å². The summed E-state index contributed by atoms with van der Waals surface area (Å²) in [4.78, 5) is 21.6. The number of hydrogen-bond donors (Lipinski definition) is 2. The van der Waals surface area contributed by atoms with Crippen LogP contribution in [0.5, 0.6) is 0 Å². The van der Waals surface area contributed by atoms with Gasteiger partial charge in [0.15, 0.2) is 5.69 Å². The standard InChI is InChI=1S/C15H23N3O3/c1-10(2)13-16-8-11(12(17-13)14(19)20)18(3)9-15(21)6-4-5-7-15/h8,10,21H,4-7,9H2,1-3H3,(H,19,20). The van der Waals surface area contributed by atoms with E-state index in [2.05, 4.69) is 9.97 Å². The minimum absolute atomic E-state index is 0.00204. The van der Waals surface area contributed by atoms with Crippen LogP contribution in [0.1, 0.15) is 61.8 Å². The summed E-state index contributed by atoms with van der Waals surface area (Å²) >= 11 is 0. The predicted octanol–water partition coefficient (Wildman–Crippen LogP) is 2.04. The lowest BCUT2D eigenvalue weighted by Gasteiger charge is -2.30. The average molecular weight is 293 g/mol. The number of rotatable bonds is 5. The molecule has 6 nitrogen and oxygen atoms in total. The van der Waals surface area contributed by atoms with Crippen molar-refractivity contribution in [3.05, 3.63) is 17.7 Å². The highest BCUT2D eigenvalue weighted by Crippen LogP contribution is 2.31. The first-order valence-electron chi connectivity index (χ1n) is 7.36. The van der Waals surface area contributed by atoms with E-state index in [0.29, 0.717) is 18.1 Å². The number of aromatic carboxylic acids is 1. The van der Waals surface area contributed by atoms with Crippen LogP contribution in [0.15, 0.2) is 6.20 Å². The van der Waals surface area contributed by atoms with Crippen LogP contribution < -0.4 is 4.90 Å². The molecule has 21 heavy (non-hydrogen) atoms.